The van der Waals surface area contributed by atoms with Crippen LogP contribution in [-0.4, -0.2) is 38.0 Å². The molecule has 0 radical (unpaired) electrons. The zero-order chi connectivity index (χ0) is 23.2. The third-order valence-corrected chi connectivity index (χ3v) is 6.26. The fourth-order valence-electron chi connectivity index (χ4n) is 3.51. The smallest absolute Gasteiger partial charge is 0.0914 e. The van der Waals surface area contributed by atoms with Gasteiger partial charge in [0.1, 0.15) is 0 Å². The van der Waals surface area contributed by atoms with Crippen LogP contribution in [0.1, 0.15) is 61.0 Å². The summed E-state index contributed by atoms with van der Waals surface area (Å²) in [4.78, 5) is 0. The first-order valence-electron chi connectivity index (χ1n) is 11.6. The number of unbranched alkanes of at least 4 members (excludes halogenated alkanes) is 3. The summed E-state index contributed by atoms with van der Waals surface area (Å²) in [6, 6.07) is 11.7. The minimum absolute atomic E-state index is 0.396. The lowest BCUT2D eigenvalue weighted by Crippen LogP contribution is -2.22. The summed E-state index contributed by atoms with van der Waals surface area (Å²) < 4.78 is 11.2. The molecule has 0 unspecified atom stereocenters. The Morgan fingerprint density at radius 1 is 0.938 bits per heavy atom. The first-order valence-corrected chi connectivity index (χ1v) is 12.3. The van der Waals surface area contributed by atoms with E-state index in [1.807, 2.05) is 24.3 Å². The molecule has 0 amide bonds. The summed E-state index contributed by atoms with van der Waals surface area (Å²) in [6.45, 7) is 8.01. The maximum atomic E-state index is 10.4. The predicted molar refractivity (Wildman–Crippen MR) is 134 cm³/mol. The Balaban J connectivity index is 1.42. The van der Waals surface area contributed by atoms with Crippen LogP contribution in [0.3, 0.4) is 0 Å². The summed E-state index contributed by atoms with van der Waals surface area (Å²) in [7, 11) is 0. The largest absolute Gasteiger partial charge is 0.387 e. The third-order valence-electron chi connectivity index (χ3n) is 5.55. The molecule has 6 heteroatoms. The molecule has 0 saturated heterocycles. The molecule has 178 valence electrons. The number of nitrogens with one attached hydrogen (secondary N) is 1. The lowest BCUT2D eigenvalue weighted by Gasteiger charge is -2.14. The normalized spacial score (nSPS) is 12.3. The maximum absolute atomic E-state index is 10.4. The highest BCUT2D eigenvalue weighted by atomic mass is 35.5. The van der Waals surface area contributed by atoms with Crippen LogP contribution in [0.5, 0.6) is 0 Å². The molecule has 2 aromatic carbocycles. The zero-order valence-corrected chi connectivity index (χ0v) is 20.9. The number of hydrogen-bond donors (Lipinski definition) is 2. The second kappa shape index (κ2) is 15.7. The van der Waals surface area contributed by atoms with Crippen molar-refractivity contribution >= 4 is 23.2 Å². The van der Waals surface area contributed by atoms with Crippen molar-refractivity contribution in [1.29, 1.82) is 0 Å². The van der Waals surface area contributed by atoms with Crippen LogP contribution in [0, 0.1) is 6.92 Å². The van der Waals surface area contributed by atoms with Crippen molar-refractivity contribution in [3.05, 3.63) is 68.7 Å². The summed E-state index contributed by atoms with van der Waals surface area (Å²) in [5.41, 5.74) is 4.41. The summed E-state index contributed by atoms with van der Waals surface area (Å²) >= 11 is 12.2. The predicted octanol–water partition coefficient (Wildman–Crippen LogP) is 6.28. The van der Waals surface area contributed by atoms with Gasteiger partial charge in [0, 0.05) is 28.8 Å². The van der Waals surface area contributed by atoms with Crippen LogP contribution in [0.15, 0.2) is 36.4 Å². The van der Waals surface area contributed by atoms with Crippen LogP contribution in [-0.2, 0) is 22.5 Å². The Bertz CT molecular complexity index is 780. The van der Waals surface area contributed by atoms with Gasteiger partial charge < -0.3 is 19.9 Å². The van der Waals surface area contributed by atoms with Crippen molar-refractivity contribution in [2.24, 2.45) is 0 Å². The zero-order valence-electron chi connectivity index (χ0n) is 19.3. The number of benzene rings is 2. The summed E-state index contributed by atoms with van der Waals surface area (Å²) in [5, 5.41) is 15.0. The van der Waals surface area contributed by atoms with Gasteiger partial charge in [-0.1, -0.05) is 67.2 Å². The van der Waals surface area contributed by atoms with Crippen molar-refractivity contribution in [3.63, 3.8) is 0 Å². The number of aliphatic hydroxyl groups is 1. The Kier molecular flexibility index (Phi) is 13.3. The number of halogens is 2. The highest BCUT2D eigenvalue weighted by Crippen LogP contribution is 2.24. The molecule has 32 heavy (non-hydrogen) atoms. The van der Waals surface area contributed by atoms with E-state index in [0.29, 0.717) is 36.4 Å². The molecule has 2 aromatic rings. The number of hydrogen-bond acceptors (Lipinski definition) is 4. The van der Waals surface area contributed by atoms with Crippen molar-refractivity contribution in [3.8, 4) is 0 Å². The average molecular weight is 482 g/mol. The van der Waals surface area contributed by atoms with E-state index in [1.54, 1.807) is 0 Å². The first-order chi connectivity index (χ1) is 15.5. The summed E-state index contributed by atoms with van der Waals surface area (Å²) in [5.74, 6) is 0. The summed E-state index contributed by atoms with van der Waals surface area (Å²) in [6.07, 6.45) is 4.97. The number of rotatable bonds is 16. The van der Waals surface area contributed by atoms with E-state index in [1.165, 1.54) is 11.1 Å². The van der Waals surface area contributed by atoms with Crippen LogP contribution in [0.25, 0.3) is 0 Å². The molecule has 4 nitrogen and oxygen atoms in total. The van der Waals surface area contributed by atoms with Crippen molar-refractivity contribution < 1.29 is 14.6 Å². The third kappa shape index (κ3) is 9.78. The molecule has 0 aliphatic heterocycles. The molecule has 0 fully saturated rings. The van der Waals surface area contributed by atoms with Crippen LogP contribution in [0.4, 0.5) is 0 Å². The van der Waals surface area contributed by atoms with E-state index in [2.05, 4.69) is 31.3 Å². The van der Waals surface area contributed by atoms with Gasteiger partial charge in [-0.05, 0) is 61.6 Å². The van der Waals surface area contributed by atoms with E-state index >= 15 is 0 Å². The molecule has 0 aliphatic carbocycles. The molecule has 0 bridgehead atoms. The van der Waals surface area contributed by atoms with E-state index in [9.17, 15) is 5.11 Å². The van der Waals surface area contributed by atoms with Gasteiger partial charge in [0.15, 0.2) is 0 Å². The Morgan fingerprint density at radius 2 is 1.66 bits per heavy atom. The van der Waals surface area contributed by atoms with Crippen molar-refractivity contribution in [2.45, 2.75) is 58.7 Å². The lowest BCUT2D eigenvalue weighted by molar-refractivity contribution is 0.0393. The molecule has 2 N–H and O–H groups in total. The van der Waals surface area contributed by atoms with Gasteiger partial charge in [-0.25, -0.2) is 0 Å². The van der Waals surface area contributed by atoms with Crippen LogP contribution >= 0.6 is 23.2 Å². The Morgan fingerprint density at radius 3 is 2.41 bits per heavy atom. The van der Waals surface area contributed by atoms with Crippen molar-refractivity contribution in [2.75, 3.05) is 32.9 Å². The van der Waals surface area contributed by atoms with Gasteiger partial charge in [0.2, 0.25) is 0 Å². The molecular weight excluding hydrogens is 445 g/mol. The number of aliphatic hydroxyl groups excluding tert-OH is 1. The topological polar surface area (TPSA) is 50.7 Å². The van der Waals surface area contributed by atoms with Gasteiger partial charge in [-0.2, -0.15) is 0 Å². The Hall–Kier alpha value is -1.14. The Labute approximate surface area is 203 Å². The maximum Gasteiger partial charge on any atom is 0.0914 e. The minimum Gasteiger partial charge on any atom is -0.387 e. The first kappa shape index (κ1) is 27.1. The highest BCUT2D eigenvalue weighted by molar-refractivity contribution is 6.35. The van der Waals surface area contributed by atoms with E-state index in [-0.39, 0.29) is 0 Å². The standard InChI is InChI=1S/C26H37Cl2NO3/c1-3-21-17-22(12-11-20(21)2)26(30)18-29-13-6-4-5-7-14-31-15-16-32-19-23-24(27)9-8-10-25(23)28/h8-12,17,26,29-30H,3-7,13-16,18-19H2,1-2H3/t26-/m0/s1. The molecular formula is C26H37Cl2NO3. The van der Waals surface area contributed by atoms with E-state index < -0.39 is 6.10 Å². The second-order valence-electron chi connectivity index (χ2n) is 8.04. The van der Waals surface area contributed by atoms with E-state index in [0.717, 1.165) is 56.4 Å². The van der Waals surface area contributed by atoms with Crippen LogP contribution < -0.4 is 5.32 Å². The molecule has 1 atom stereocenters. The van der Waals surface area contributed by atoms with Gasteiger partial charge in [0.05, 0.1) is 25.9 Å². The van der Waals surface area contributed by atoms with Gasteiger partial charge in [-0.15, -0.1) is 0 Å². The molecule has 0 aliphatic rings. The lowest BCUT2D eigenvalue weighted by atomic mass is 10.00. The number of aryl methyl sites for hydroxylation is 2. The number of ether oxygens (including phenoxy) is 2. The molecule has 0 aromatic heterocycles. The minimum atomic E-state index is -0.453. The molecule has 2 rings (SSSR count). The fraction of sp³-hybridized carbons (Fsp3) is 0.538. The second-order valence-corrected chi connectivity index (χ2v) is 8.85. The highest BCUT2D eigenvalue weighted by Gasteiger charge is 2.08. The van der Waals surface area contributed by atoms with E-state index in [4.69, 9.17) is 32.7 Å². The van der Waals surface area contributed by atoms with Crippen LogP contribution in [0.2, 0.25) is 10.0 Å². The average Bonchev–Trinajstić information content (AvgIpc) is 2.78. The van der Waals surface area contributed by atoms with Crippen molar-refractivity contribution in [1.82, 2.24) is 5.32 Å². The molecule has 0 saturated carbocycles. The molecule has 0 spiro atoms. The molecule has 0 heterocycles. The quantitative estimate of drug-likeness (QED) is 0.277. The van der Waals surface area contributed by atoms with Gasteiger partial charge in [-0.3, -0.25) is 0 Å². The SMILES string of the molecule is CCc1cc([C@@H](O)CNCCCCCCOCCOCc2c(Cl)cccc2Cl)ccc1C. The van der Waals surface area contributed by atoms with Gasteiger partial charge >= 0.3 is 0 Å². The van der Waals surface area contributed by atoms with Gasteiger partial charge in [0.25, 0.3) is 0 Å². The fourth-order valence-corrected chi connectivity index (χ4v) is 4.01. The monoisotopic (exact) mass is 481 g/mol.